The van der Waals surface area contributed by atoms with Crippen LogP contribution in [0.5, 0.6) is 0 Å². The van der Waals surface area contributed by atoms with Gasteiger partial charge in [-0.15, -0.1) is 18.3 Å². The second-order valence-corrected chi connectivity index (χ2v) is 2.65. The van der Waals surface area contributed by atoms with Gasteiger partial charge in [0.15, 0.2) is 0 Å². The van der Waals surface area contributed by atoms with Crippen molar-refractivity contribution in [3.63, 3.8) is 0 Å². The molecule has 0 spiro atoms. The van der Waals surface area contributed by atoms with Crippen LogP contribution in [0, 0.1) is 18.8 Å². The molecule has 0 bridgehead atoms. The van der Waals surface area contributed by atoms with Crippen LogP contribution < -0.4 is 5.32 Å². The van der Waals surface area contributed by atoms with Crippen molar-refractivity contribution in [2.45, 2.75) is 13.8 Å². The lowest BCUT2D eigenvalue weighted by Gasteiger charge is -2.01. The molecule has 0 saturated heterocycles. The SMILES string of the molecule is CC#CCNc1ccc(C)cc1.Cl. The van der Waals surface area contributed by atoms with Crippen LogP contribution in [0.3, 0.4) is 0 Å². The first kappa shape index (κ1) is 11.9. The van der Waals surface area contributed by atoms with Crippen molar-refractivity contribution in [3.05, 3.63) is 29.8 Å². The van der Waals surface area contributed by atoms with Crippen molar-refractivity contribution in [2.75, 3.05) is 11.9 Å². The van der Waals surface area contributed by atoms with Gasteiger partial charge in [-0.2, -0.15) is 0 Å². The summed E-state index contributed by atoms with van der Waals surface area (Å²) in [6.07, 6.45) is 0. The largest absolute Gasteiger partial charge is 0.374 e. The van der Waals surface area contributed by atoms with Crippen LogP contribution in [-0.4, -0.2) is 6.54 Å². The van der Waals surface area contributed by atoms with E-state index in [0.29, 0.717) is 0 Å². The van der Waals surface area contributed by atoms with E-state index in [2.05, 4.69) is 48.3 Å². The van der Waals surface area contributed by atoms with E-state index in [1.807, 2.05) is 6.92 Å². The number of nitrogens with one attached hydrogen (secondary N) is 1. The molecule has 1 aromatic rings. The van der Waals surface area contributed by atoms with Crippen molar-refractivity contribution in [1.82, 2.24) is 0 Å². The van der Waals surface area contributed by atoms with Crippen LogP contribution >= 0.6 is 12.4 Å². The average Bonchev–Trinajstić information content (AvgIpc) is 2.09. The summed E-state index contributed by atoms with van der Waals surface area (Å²) < 4.78 is 0. The highest BCUT2D eigenvalue weighted by Gasteiger charge is 1.87. The molecule has 1 nitrogen and oxygen atoms in total. The fourth-order valence-electron chi connectivity index (χ4n) is 0.906. The zero-order valence-electron chi connectivity index (χ0n) is 7.92. The number of aryl methyl sites for hydroxylation is 1. The quantitative estimate of drug-likeness (QED) is 0.716. The third-order valence-electron chi connectivity index (χ3n) is 1.61. The van der Waals surface area contributed by atoms with Crippen LogP contribution in [-0.2, 0) is 0 Å². The van der Waals surface area contributed by atoms with Gasteiger partial charge < -0.3 is 5.32 Å². The van der Waals surface area contributed by atoms with E-state index in [0.717, 1.165) is 12.2 Å². The van der Waals surface area contributed by atoms with Gasteiger partial charge in [-0.05, 0) is 26.0 Å². The summed E-state index contributed by atoms with van der Waals surface area (Å²) in [4.78, 5) is 0. The van der Waals surface area contributed by atoms with E-state index in [9.17, 15) is 0 Å². The van der Waals surface area contributed by atoms with Crippen molar-refractivity contribution in [1.29, 1.82) is 0 Å². The van der Waals surface area contributed by atoms with E-state index in [4.69, 9.17) is 0 Å². The molecule has 0 aliphatic heterocycles. The van der Waals surface area contributed by atoms with E-state index in [-0.39, 0.29) is 12.4 Å². The molecule has 1 aromatic carbocycles. The lowest BCUT2D eigenvalue weighted by Crippen LogP contribution is -1.97. The van der Waals surface area contributed by atoms with E-state index in [1.54, 1.807) is 0 Å². The molecule has 0 atom stereocenters. The Bertz CT molecular complexity index is 292. The van der Waals surface area contributed by atoms with Gasteiger partial charge in [-0.1, -0.05) is 23.6 Å². The number of rotatable bonds is 2. The predicted octanol–water partition coefficient (Wildman–Crippen LogP) is 2.85. The van der Waals surface area contributed by atoms with Crippen LogP contribution in [0.2, 0.25) is 0 Å². The minimum atomic E-state index is 0. The predicted molar refractivity (Wildman–Crippen MR) is 60.4 cm³/mol. The van der Waals surface area contributed by atoms with Gasteiger partial charge in [0.2, 0.25) is 0 Å². The molecule has 2 heteroatoms. The molecule has 0 unspecified atom stereocenters. The van der Waals surface area contributed by atoms with E-state index < -0.39 is 0 Å². The Morgan fingerprint density at radius 1 is 1.23 bits per heavy atom. The Morgan fingerprint density at radius 2 is 1.85 bits per heavy atom. The van der Waals surface area contributed by atoms with Gasteiger partial charge in [-0.3, -0.25) is 0 Å². The number of benzene rings is 1. The summed E-state index contributed by atoms with van der Waals surface area (Å²) in [6, 6.07) is 8.29. The Kier molecular flexibility index (Phi) is 5.84. The Hall–Kier alpha value is -1.13. The molecule has 70 valence electrons. The molecule has 0 aliphatic rings. The third-order valence-corrected chi connectivity index (χ3v) is 1.61. The molecule has 0 amide bonds. The summed E-state index contributed by atoms with van der Waals surface area (Å²) in [5, 5.41) is 3.20. The first-order valence-electron chi connectivity index (χ1n) is 4.03. The second-order valence-electron chi connectivity index (χ2n) is 2.65. The summed E-state index contributed by atoms with van der Waals surface area (Å²) in [7, 11) is 0. The van der Waals surface area contributed by atoms with E-state index >= 15 is 0 Å². The molecule has 1 N–H and O–H groups in total. The van der Waals surface area contributed by atoms with Crippen molar-refractivity contribution < 1.29 is 0 Å². The molecule has 0 aliphatic carbocycles. The van der Waals surface area contributed by atoms with Gasteiger partial charge in [0.1, 0.15) is 0 Å². The Morgan fingerprint density at radius 3 is 2.38 bits per heavy atom. The highest BCUT2D eigenvalue weighted by Crippen LogP contribution is 2.07. The minimum absolute atomic E-state index is 0. The molecule has 1 rings (SSSR count). The second kappa shape index (κ2) is 6.39. The minimum Gasteiger partial charge on any atom is -0.374 e. The van der Waals surface area contributed by atoms with Crippen LogP contribution in [0.4, 0.5) is 5.69 Å². The van der Waals surface area contributed by atoms with Crippen molar-refractivity contribution in [2.24, 2.45) is 0 Å². The molecule has 0 aromatic heterocycles. The molecule has 0 saturated carbocycles. The molecular weight excluding hydrogens is 182 g/mol. The third kappa shape index (κ3) is 4.45. The smallest absolute Gasteiger partial charge is 0.0765 e. The molecule has 0 heterocycles. The number of hydrogen-bond acceptors (Lipinski definition) is 1. The highest BCUT2D eigenvalue weighted by molar-refractivity contribution is 5.85. The van der Waals surface area contributed by atoms with Crippen molar-refractivity contribution >= 4 is 18.1 Å². The summed E-state index contributed by atoms with van der Waals surface area (Å²) in [6.45, 7) is 4.64. The lowest BCUT2D eigenvalue weighted by atomic mass is 10.2. The first-order chi connectivity index (χ1) is 5.83. The average molecular weight is 196 g/mol. The first-order valence-corrected chi connectivity index (χ1v) is 4.03. The maximum atomic E-state index is 3.20. The fraction of sp³-hybridized carbons (Fsp3) is 0.273. The van der Waals surface area contributed by atoms with Gasteiger partial charge in [0.05, 0.1) is 6.54 Å². The van der Waals surface area contributed by atoms with Crippen LogP contribution in [0.15, 0.2) is 24.3 Å². The number of halogens is 1. The summed E-state index contributed by atoms with van der Waals surface area (Å²) >= 11 is 0. The van der Waals surface area contributed by atoms with Gasteiger partial charge in [0, 0.05) is 5.69 Å². The summed E-state index contributed by atoms with van der Waals surface area (Å²) in [5.41, 5.74) is 2.41. The molecule has 13 heavy (non-hydrogen) atoms. The Balaban J connectivity index is 0.00000144. The zero-order valence-corrected chi connectivity index (χ0v) is 8.74. The number of hydrogen-bond donors (Lipinski definition) is 1. The molecular formula is C11H14ClN. The monoisotopic (exact) mass is 195 g/mol. The van der Waals surface area contributed by atoms with Crippen LogP contribution in [0.25, 0.3) is 0 Å². The Labute approximate surface area is 86.0 Å². The zero-order chi connectivity index (χ0) is 8.81. The lowest BCUT2D eigenvalue weighted by molar-refractivity contribution is 1.36. The van der Waals surface area contributed by atoms with Gasteiger partial charge >= 0.3 is 0 Å². The number of anilines is 1. The maximum absolute atomic E-state index is 3.20. The van der Waals surface area contributed by atoms with Crippen LogP contribution in [0.1, 0.15) is 12.5 Å². The highest BCUT2D eigenvalue weighted by atomic mass is 35.5. The molecule has 0 radical (unpaired) electrons. The standard InChI is InChI=1S/C11H13N.ClH/c1-3-4-9-12-11-7-5-10(2)6-8-11;/h5-8,12H,9H2,1-2H3;1H. The van der Waals surface area contributed by atoms with Crippen molar-refractivity contribution in [3.8, 4) is 11.8 Å². The molecule has 0 fully saturated rings. The van der Waals surface area contributed by atoms with E-state index in [1.165, 1.54) is 5.56 Å². The van der Waals surface area contributed by atoms with Gasteiger partial charge in [0.25, 0.3) is 0 Å². The summed E-state index contributed by atoms with van der Waals surface area (Å²) in [5.74, 6) is 5.79. The topological polar surface area (TPSA) is 12.0 Å². The normalized spacial score (nSPS) is 7.85. The fourth-order valence-corrected chi connectivity index (χ4v) is 0.906. The van der Waals surface area contributed by atoms with Gasteiger partial charge in [-0.25, -0.2) is 0 Å². The maximum Gasteiger partial charge on any atom is 0.0765 e.